The van der Waals surface area contributed by atoms with Gasteiger partial charge >= 0.3 is 0 Å². The van der Waals surface area contributed by atoms with Crippen molar-refractivity contribution in [3.63, 3.8) is 0 Å². The molecule has 0 aromatic carbocycles. The number of morpholine rings is 1. The highest BCUT2D eigenvalue weighted by Crippen LogP contribution is 2.19. The van der Waals surface area contributed by atoms with Crippen LogP contribution in [0.2, 0.25) is 0 Å². The van der Waals surface area contributed by atoms with Crippen molar-refractivity contribution in [3.05, 3.63) is 17.5 Å². The quantitative estimate of drug-likeness (QED) is 0.823. The van der Waals surface area contributed by atoms with Crippen LogP contribution in [-0.4, -0.2) is 60.4 Å². The van der Waals surface area contributed by atoms with Gasteiger partial charge in [0.15, 0.2) is 5.76 Å². The predicted molar refractivity (Wildman–Crippen MR) is 71.9 cm³/mol. The van der Waals surface area contributed by atoms with Gasteiger partial charge in [-0.3, -0.25) is 9.80 Å². The van der Waals surface area contributed by atoms with Gasteiger partial charge in [0, 0.05) is 31.7 Å². The molecule has 0 aliphatic carbocycles. The van der Waals surface area contributed by atoms with E-state index in [1.54, 1.807) is 0 Å². The van der Waals surface area contributed by atoms with E-state index in [9.17, 15) is 0 Å². The van der Waals surface area contributed by atoms with E-state index in [0.29, 0.717) is 6.04 Å². The summed E-state index contributed by atoms with van der Waals surface area (Å²) in [6, 6.07) is 2.72. The van der Waals surface area contributed by atoms with E-state index in [4.69, 9.17) is 9.26 Å². The average Bonchev–Trinajstić information content (AvgIpc) is 2.85. The Morgan fingerprint density at radius 1 is 1.32 bits per heavy atom. The van der Waals surface area contributed by atoms with E-state index in [0.717, 1.165) is 50.8 Å². The smallest absolute Gasteiger partial charge is 0.150 e. The summed E-state index contributed by atoms with van der Waals surface area (Å²) < 4.78 is 10.8. The Balaban J connectivity index is 1.55. The van der Waals surface area contributed by atoms with Crippen LogP contribution in [0.4, 0.5) is 0 Å². The van der Waals surface area contributed by atoms with E-state index in [1.165, 1.54) is 19.4 Å². The maximum absolute atomic E-state index is 5.44. The highest BCUT2D eigenvalue weighted by molar-refractivity contribution is 5.03. The van der Waals surface area contributed by atoms with Crippen LogP contribution in [0, 0.1) is 6.92 Å². The van der Waals surface area contributed by atoms with Crippen LogP contribution >= 0.6 is 0 Å². The molecule has 3 rings (SSSR count). The van der Waals surface area contributed by atoms with Gasteiger partial charge in [0.1, 0.15) is 0 Å². The van der Waals surface area contributed by atoms with Gasteiger partial charge in [0.2, 0.25) is 0 Å². The molecule has 0 saturated carbocycles. The van der Waals surface area contributed by atoms with Crippen LogP contribution in [0.3, 0.4) is 0 Å². The first-order valence-electron chi connectivity index (χ1n) is 7.27. The molecule has 5 heteroatoms. The molecule has 19 heavy (non-hydrogen) atoms. The van der Waals surface area contributed by atoms with E-state index in [1.807, 2.05) is 13.0 Å². The molecule has 2 aliphatic heterocycles. The highest BCUT2D eigenvalue weighted by Gasteiger charge is 2.26. The summed E-state index contributed by atoms with van der Waals surface area (Å²) in [5.74, 6) is 0.986. The lowest BCUT2D eigenvalue weighted by Crippen LogP contribution is -2.51. The summed E-state index contributed by atoms with van der Waals surface area (Å²) >= 11 is 0. The molecule has 3 heterocycles. The molecule has 0 amide bonds. The second kappa shape index (κ2) is 6.03. The Hall–Kier alpha value is -0.910. The lowest BCUT2D eigenvalue weighted by atomic mass is 10.0. The van der Waals surface area contributed by atoms with E-state index >= 15 is 0 Å². The number of likely N-dealkylation sites (tertiary alicyclic amines) is 1. The third kappa shape index (κ3) is 3.35. The molecule has 1 atom stereocenters. The molecule has 2 aliphatic rings. The number of nitrogens with zero attached hydrogens (tertiary/aromatic N) is 3. The minimum atomic E-state index is 0.682. The molecule has 0 bridgehead atoms. The molecule has 0 radical (unpaired) electrons. The monoisotopic (exact) mass is 265 g/mol. The van der Waals surface area contributed by atoms with Crippen LogP contribution in [0.5, 0.6) is 0 Å². The van der Waals surface area contributed by atoms with Gasteiger partial charge in [0.25, 0.3) is 0 Å². The molecule has 0 spiro atoms. The number of aromatic nitrogens is 1. The van der Waals surface area contributed by atoms with E-state index in [2.05, 4.69) is 15.0 Å². The Bertz CT molecular complexity index is 401. The summed E-state index contributed by atoms with van der Waals surface area (Å²) in [5, 5.41) is 3.96. The maximum atomic E-state index is 5.44. The van der Waals surface area contributed by atoms with Crippen molar-refractivity contribution in [2.45, 2.75) is 32.4 Å². The predicted octanol–water partition coefficient (Wildman–Crippen LogP) is 1.28. The summed E-state index contributed by atoms with van der Waals surface area (Å²) in [5.41, 5.74) is 0.969. The zero-order valence-electron chi connectivity index (χ0n) is 11.7. The fourth-order valence-electron chi connectivity index (χ4n) is 3.13. The summed E-state index contributed by atoms with van der Waals surface area (Å²) in [6.45, 7) is 9.11. The number of rotatable bonds is 3. The Morgan fingerprint density at radius 2 is 2.16 bits per heavy atom. The second-order valence-corrected chi connectivity index (χ2v) is 5.61. The van der Waals surface area contributed by atoms with Gasteiger partial charge in [-0.15, -0.1) is 0 Å². The van der Waals surface area contributed by atoms with Crippen LogP contribution in [-0.2, 0) is 11.3 Å². The molecule has 2 fully saturated rings. The molecule has 1 aromatic heterocycles. The van der Waals surface area contributed by atoms with Gasteiger partial charge in [-0.2, -0.15) is 0 Å². The van der Waals surface area contributed by atoms with Crippen molar-refractivity contribution in [1.29, 1.82) is 0 Å². The minimum absolute atomic E-state index is 0.682. The zero-order valence-corrected chi connectivity index (χ0v) is 11.7. The minimum Gasteiger partial charge on any atom is -0.379 e. The summed E-state index contributed by atoms with van der Waals surface area (Å²) in [4.78, 5) is 5.07. The largest absolute Gasteiger partial charge is 0.379 e. The molecular formula is C14H23N3O2. The lowest BCUT2D eigenvalue weighted by molar-refractivity contribution is -0.00448. The molecule has 5 nitrogen and oxygen atoms in total. The van der Waals surface area contributed by atoms with E-state index in [-0.39, 0.29) is 0 Å². The maximum Gasteiger partial charge on any atom is 0.150 e. The molecule has 0 N–H and O–H groups in total. The van der Waals surface area contributed by atoms with Gasteiger partial charge in [-0.05, 0) is 26.3 Å². The summed E-state index contributed by atoms with van der Waals surface area (Å²) in [7, 11) is 0. The van der Waals surface area contributed by atoms with Crippen molar-refractivity contribution in [2.24, 2.45) is 0 Å². The summed E-state index contributed by atoms with van der Waals surface area (Å²) in [6.07, 6.45) is 2.58. The van der Waals surface area contributed by atoms with E-state index < -0.39 is 0 Å². The van der Waals surface area contributed by atoms with Crippen LogP contribution in [0.15, 0.2) is 10.6 Å². The molecule has 1 aromatic rings. The normalized spacial score (nSPS) is 26.7. The van der Waals surface area contributed by atoms with Crippen LogP contribution < -0.4 is 0 Å². The van der Waals surface area contributed by atoms with Crippen LogP contribution in [0.1, 0.15) is 24.3 Å². The van der Waals surface area contributed by atoms with Crippen LogP contribution in [0.25, 0.3) is 0 Å². The Kier molecular flexibility index (Phi) is 4.15. The second-order valence-electron chi connectivity index (χ2n) is 5.61. The van der Waals surface area contributed by atoms with Crippen molar-refractivity contribution in [2.75, 3.05) is 39.4 Å². The molecular weight excluding hydrogens is 242 g/mol. The first-order chi connectivity index (χ1) is 9.31. The average molecular weight is 265 g/mol. The van der Waals surface area contributed by atoms with Crippen molar-refractivity contribution in [1.82, 2.24) is 15.0 Å². The van der Waals surface area contributed by atoms with Gasteiger partial charge in [0.05, 0.1) is 25.5 Å². The first kappa shape index (κ1) is 13.1. The lowest BCUT2D eigenvalue weighted by Gasteiger charge is -2.40. The van der Waals surface area contributed by atoms with Gasteiger partial charge in [-0.1, -0.05) is 5.16 Å². The standard InChI is InChI=1S/C14H23N3O2/c1-12-9-14(19-15-12)11-16-4-2-3-13(10-16)17-5-7-18-8-6-17/h9,13H,2-8,10-11H2,1H3. The third-order valence-corrected chi connectivity index (χ3v) is 4.10. The molecule has 2 saturated heterocycles. The van der Waals surface area contributed by atoms with Crippen molar-refractivity contribution >= 4 is 0 Å². The number of hydrogen-bond donors (Lipinski definition) is 0. The fourth-order valence-corrected chi connectivity index (χ4v) is 3.13. The van der Waals surface area contributed by atoms with Crippen molar-refractivity contribution in [3.8, 4) is 0 Å². The number of ether oxygens (including phenoxy) is 1. The third-order valence-electron chi connectivity index (χ3n) is 4.10. The Morgan fingerprint density at radius 3 is 2.89 bits per heavy atom. The number of hydrogen-bond acceptors (Lipinski definition) is 5. The fraction of sp³-hybridized carbons (Fsp3) is 0.786. The highest BCUT2D eigenvalue weighted by atomic mass is 16.5. The Labute approximate surface area is 114 Å². The number of aryl methyl sites for hydroxylation is 1. The van der Waals surface area contributed by atoms with Gasteiger partial charge < -0.3 is 9.26 Å². The first-order valence-corrected chi connectivity index (χ1v) is 7.27. The van der Waals surface area contributed by atoms with Crippen molar-refractivity contribution < 1.29 is 9.26 Å². The number of piperidine rings is 1. The zero-order chi connectivity index (χ0) is 13.1. The van der Waals surface area contributed by atoms with Gasteiger partial charge in [-0.25, -0.2) is 0 Å². The molecule has 1 unspecified atom stereocenters. The molecule has 106 valence electrons. The SMILES string of the molecule is Cc1cc(CN2CCCC(N3CCOCC3)C2)on1. The topological polar surface area (TPSA) is 41.7 Å².